The van der Waals surface area contributed by atoms with Crippen LogP contribution in [0.4, 0.5) is 0 Å². The maximum absolute atomic E-state index is 5.73. The van der Waals surface area contributed by atoms with Crippen molar-refractivity contribution in [3.05, 3.63) is 16.4 Å². The van der Waals surface area contributed by atoms with Crippen LogP contribution in [0.5, 0.6) is 0 Å². The first-order valence-electron chi connectivity index (χ1n) is 4.54. The van der Waals surface area contributed by atoms with Gasteiger partial charge in [0.05, 0.1) is 0 Å². The number of rotatable bonds is 3. The maximum atomic E-state index is 5.73. The summed E-state index contributed by atoms with van der Waals surface area (Å²) >= 11 is 3.37. The number of nitrogens with zero attached hydrogens (tertiary/aromatic N) is 2. The number of aromatic nitrogens is 2. The molecule has 1 aromatic heterocycles. The first-order valence-corrected chi connectivity index (χ1v) is 5.33. The topological polar surface area (TPSA) is 43.8 Å². The van der Waals surface area contributed by atoms with Gasteiger partial charge in [0.15, 0.2) is 0 Å². The van der Waals surface area contributed by atoms with Gasteiger partial charge in [-0.05, 0) is 53.2 Å². The van der Waals surface area contributed by atoms with Gasteiger partial charge in [-0.3, -0.25) is 4.68 Å². The number of hydrogen-bond donors (Lipinski definition) is 1. The molecule has 0 radical (unpaired) electrons. The van der Waals surface area contributed by atoms with Crippen molar-refractivity contribution in [2.45, 2.75) is 19.3 Å². The Bertz CT molecular complexity index is 315. The third-order valence-electron chi connectivity index (χ3n) is 2.89. The zero-order valence-corrected chi connectivity index (χ0v) is 9.34. The molecule has 2 N–H and O–H groups in total. The van der Waals surface area contributed by atoms with Gasteiger partial charge in [0.25, 0.3) is 0 Å². The second-order valence-corrected chi connectivity index (χ2v) is 4.78. The van der Waals surface area contributed by atoms with Gasteiger partial charge in [-0.2, -0.15) is 5.10 Å². The molecule has 1 heterocycles. The Balaban J connectivity index is 2.13. The summed E-state index contributed by atoms with van der Waals surface area (Å²) in [5, 5.41) is 4.25. The smallest absolute Gasteiger partial charge is 0.128 e. The van der Waals surface area contributed by atoms with E-state index in [4.69, 9.17) is 5.73 Å². The van der Waals surface area contributed by atoms with E-state index in [-0.39, 0.29) is 0 Å². The summed E-state index contributed by atoms with van der Waals surface area (Å²) in [6, 6.07) is 2.08. The normalized spacial score (nSPS) is 19.0. The molecular formula is C9H14BrN3. The Morgan fingerprint density at radius 3 is 2.77 bits per heavy atom. The van der Waals surface area contributed by atoms with Gasteiger partial charge in [-0.25, -0.2) is 0 Å². The van der Waals surface area contributed by atoms with E-state index >= 15 is 0 Å². The van der Waals surface area contributed by atoms with Crippen molar-refractivity contribution in [2.24, 2.45) is 18.2 Å². The highest BCUT2D eigenvalue weighted by Crippen LogP contribution is 2.47. The minimum atomic E-state index is 0.396. The Morgan fingerprint density at radius 1 is 1.69 bits per heavy atom. The zero-order valence-electron chi connectivity index (χ0n) is 7.76. The van der Waals surface area contributed by atoms with E-state index in [2.05, 4.69) is 27.1 Å². The molecule has 3 nitrogen and oxygen atoms in total. The molecule has 72 valence electrons. The Kier molecular flexibility index (Phi) is 2.20. The largest absolute Gasteiger partial charge is 0.330 e. The molecule has 1 aliphatic carbocycles. The fraction of sp³-hybridized carbons (Fsp3) is 0.667. The van der Waals surface area contributed by atoms with Crippen LogP contribution in [0.1, 0.15) is 18.5 Å². The summed E-state index contributed by atoms with van der Waals surface area (Å²) in [6.45, 7) is 0.801. The van der Waals surface area contributed by atoms with Crippen LogP contribution in [-0.4, -0.2) is 16.3 Å². The van der Waals surface area contributed by atoms with Crippen LogP contribution >= 0.6 is 15.9 Å². The van der Waals surface area contributed by atoms with Crippen molar-refractivity contribution in [2.75, 3.05) is 6.54 Å². The van der Waals surface area contributed by atoms with Crippen molar-refractivity contribution in [3.8, 4) is 0 Å². The quantitative estimate of drug-likeness (QED) is 0.874. The molecule has 1 aliphatic rings. The zero-order chi connectivity index (χ0) is 9.47. The third-order valence-corrected chi connectivity index (χ3v) is 3.28. The molecule has 0 aliphatic heterocycles. The summed E-state index contributed by atoms with van der Waals surface area (Å²) in [7, 11) is 1.98. The lowest BCUT2D eigenvalue weighted by Gasteiger charge is -2.11. The summed E-state index contributed by atoms with van der Waals surface area (Å²) < 4.78 is 2.85. The van der Waals surface area contributed by atoms with Crippen molar-refractivity contribution in [1.29, 1.82) is 0 Å². The fourth-order valence-corrected chi connectivity index (χ4v) is 2.15. The number of nitrogens with two attached hydrogens (primary N) is 1. The van der Waals surface area contributed by atoms with E-state index in [1.807, 2.05) is 11.7 Å². The minimum absolute atomic E-state index is 0.396. The van der Waals surface area contributed by atoms with Crippen LogP contribution in [0, 0.1) is 5.41 Å². The SMILES string of the molecule is Cn1nc(Br)cc1CC1(CN)CC1. The lowest BCUT2D eigenvalue weighted by atomic mass is 10.0. The van der Waals surface area contributed by atoms with E-state index in [0.717, 1.165) is 17.6 Å². The molecule has 2 rings (SSSR count). The first-order chi connectivity index (χ1) is 6.15. The van der Waals surface area contributed by atoms with Crippen LogP contribution in [-0.2, 0) is 13.5 Å². The van der Waals surface area contributed by atoms with E-state index in [9.17, 15) is 0 Å². The van der Waals surface area contributed by atoms with Crippen molar-refractivity contribution in [3.63, 3.8) is 0 Å². The van der Waals surface area contributed by atoms with Crippen molar-refractivity contribution < 1.29 is 0 Å². The van der Waals surface area contributed by atoms with E-state index in [1.54, 1.807) is 0 Å². The maximum Gasteiger partial charge on any atom is 0.128 e. The van der Waals surface area contributed by atoms with E-state index in [1.165, 1.54) is 18.5 Å². The Hall–Kier alpha value is -0.350. The third kappa shape index (κ3) is 1.79. The van der Waals surface area contributed by atoms with Gasteiger partial charge in [-0.1, -0.05) is 0 Å². The van der Waals surface area contributed by atoms with Gasteiger partial charge in [0.1, 0.15) is 4.60 Å². The molecule has 1 saturated carbocycles. The first kappa shape index (κ1) is 9.21. The highest BCUT2D eigenvalue weighted by molar-refractivity contribution is 9.10. The second kappa shape index (κ2) is 3.10. The van der Waals surface area contributed by atoms with Crippen LogP contribution in [0.25, 0.3) is 0 Å². The lowest BCUT2D eigenvalue weighted by molar-refractivity contribution is 0.498. The summed E-state index contributed by atoms with van der Waals surface area (Å²) in [4.78, 5) is 0. The lowest BCUT2D eigenvalue weighted by Crippen LogP contribution is -2.19. The average Bonchev–Trinajstić information content (AvgIpc) is 2.77. The molecule has 0 unspecified atom stereocenters. The van der Waals surface area contributed by atoms with Crippen LogP contribution < -0.4 is 5.73 Å². The van der Waals surface area contributed by atoms with Crippen LogP contribution in [0.2, 0.25) is 0 Å². The van der Waals surface area contributed by atoms with Gasteiger partial charge in [-0.15, -0.1) is 0 Å². The van der Waals surface area contributed by atoms with Crippen LogP contribution in [0.15, 0.2) is 10.7 Å². The molecule has 0 spiro atoms. The van der Waals surface area contributed by atoms with Crippen molar-refractivity contribution in [1.82, 2.24) is 9.78 Å². The fourth-order valence-electron chi connectivity index (χ4n) is 1.65. The summed E-state index contributed by atoms with van der Waals surface area (Å²) in [6.07, 6.45) is 3.61. The van der Waals surface area contributed by atoms with Crippen molar-refractivity contribution >= 4 is 15.9 Å². The molecule has 13 heavy (non-hydrogen) atoms. The van der Waals surface area contributed by atoms with Gasteiger partial charge in [0, 0.05) is 12.7 Å². The Morgan fingerprint density at radius 2 is 2.38 bits per heavy atom. The molecule has 1 aromatic rings. The highest BCUT2D eigenvalue weighted by atomic mass is 79.9. The Labute approximate surface area is 86.4 Å². The highest BCUT2D eigenvalue weighted by Gasteiger charge is 2.41. The number of hydrogen-bond acceptors (Lipinski definition) is 2. The molecule has 0 amide bonds. The average molecular weight is 244 g/mol. The molecular weight excluding hydrogens is 230 g/mol. The summed E-state index contributed by atoms with van der Waals surface area (Å²) in [5.41, 5.74) is 7.40. The molecule has 0 saturated heterocycles. The molecule has 0 atom stereocenters. The number of aryl methyl sites for hydroxylation is 1. The standard InChI is InChI=1S/C9H14BrN3/c1-13-7(4-8(10)12-13)5-9(6-11)2-3-9/h4H,2-3,5-6,11H2,1H3. The molecule has 0 bridgehead atoms. The van der Waals surface area contributed by atoms with E-state index < -0.39 is 0 Å². The molecule has 0 aromatic carbocycles. The molecule has 4 heteroatoms. The van der Waals surface area contributed by atoms with Gasteiger partial charge >= 0.3 is 0 Å². The summed E-state index contributed by atoms with van der Waals surface area (Å²) in [5.74, 6) is 0. The van der Waals surface area contributed by atoms with Gasteiger partial charge < -0.3 is 5.73 Å². The minimum Gasteiger partial charge on any atom is -0.330 e. The molecule has 1 fully saturated rings. The number of halogens is 1. The predicted octanol–water partition coefficient (Wildman–Crippen LogP) is 1.46. The van der Waals surface area contributed by atoms with Crippen LogP contribution in [0.3, 0.4) is 0 Å². The predicted molar refractivity (Wildman–Crippen MR) is 55.3 cm³/mol. The second-order valence-electron chi connectivity index (χ2n) is 3.96. The monoisotopic (exact) mass is 243 g/mol. The van der Waals surface area contributed by atoms with Gasteiger partial charge in [0.2, 0.25) is 0 Å². The van der Waals surface area contributed by atoms with E-state index in [0.29, 0.717) is 5.41 Å².